The molecule has 3 amide bonds. The number of nitrogens with zero attached hydrogens (tertiary/aromatic N) is 1. The Kier molecular flexibility index (Phi) is 4.75. The molecular weight excluding hydrogens is 210 g/mol. The van der Waals surface area contributed by atoms with Crippen molar-refractivity contribution in [2.24, 2.45) is 0 Å². The molecule has 1 fully saturated rings. The Balaban J connectivity index is 2.10. The molecule has 0 spiro atoms. The molecule has 0 unspecified atom stereocenters. The van der Waals surface area contributed by atoms with Gasteiger partial charge >= 0.3 is 11.8 Å². The normalized spacial score (nSPS) is 15.1. The maximum atomic E-state index is 11.2. The van der Waals surface area contributed by atoms with Gasteiger partial charge in [0, 0.05) is 33.1 Å². The van der Waals surface area contributed by atoms with Gasteiger partial charge in [-0.25, -0.2) is 0 Å². The van der Waals surface area contributed by atoms with Crippen LogP contribution >= 0.6 is 0 Å². The Morgan fingerprint density at radius 1 is 1.38 bits per heavy atom. The summed E-state index contributed by atoms with van der Waals surface area (Å²) in [5.41, 5.74) is 0. The number of likely N-dealkylation sites (N-methyl/N-ethyl adjacent to an activating group) is 1. The predicted molar refractivity (Wildman–Crippen MR) is 57.5 cm³/mol. The Morgan fingerprint density at radius 2 is 2.12 bits per heavy atom. The fraction of sp³-hybridized carbons (Fsp3) is 0.700. The molecule has 0 aliphatic carbocycles. The number of carbonyl (C=O) groups is 3. The van der Waals surface area contributed by atoms with Gasteiger partial charge in [0.15, 0.2) is 0 Å². The van der Waals surface area contributed by atoms with E-state index >= 15 is 0 Å². The molecule has 2 N–H and O–H groups in total. The average Bonchev–Trinajstić information content (AvgIpc) is 2.69. The Labute approximate surface area is 94.4 Å². The zero-order valence-electron chi connectivity index (χ0n) is 9.41. The molecule has 1 rings (SSSR count). The van der Waals surface area contributed by atoms with Crippen LogP contribution in [0.4, 0.5) is 0 Å². The molecule has 1 aliphatic heterocycles. The highest BCUT2D eigenvalue weighted by molar-refractivity contribution is 6.34. The highest BCUT2D eigenvalue weighted by Gasteiger charge is 2.19. The van der Waals surface area contributed by atoms with Gasteiger partial charge in [-0.05, 0) is 12.8 Å². The zero-order valence-corrected chi connectivity index (χ0v) is 9.41. The number of amides is 3. The molecule has 0 atom stereocenters. The van der Waals surface area contributed by atoms with Crippen molar-refractivity contribution in [3.8, 4) is 0 Å². The summed E-state index contributed by atoms with van der Waals surface area (Å²) in [7, 11) is 1.41. The van der Waals surface area contributed by atoms with Gasteiger partial charge < -0.3 is 15.5 Å². The molecule has 0 bridgehead atoms. The van der Waals surface area contributed by atoms with E-state index in [1.807, 2.05) is 0 Å². The van der Waals surface area contributed by atoms with Crippen LogP contribution < -0.4 is 10.6 Å². The Morgan fingerprint density at radius 3 is 2.69 bits per heavy atom. The molecular formula is C10H17N3O3. The highest BCUT2D eigenvalue weighted by Crippen LogP contribution is 2.09. The van der Waals surface area contributed by atoms with Crippen molar-refractivity contribution in [1.82, 2.24) is 15.5 Å². The first-order valence-corrected chi connectivity index (χ1v) is 5.43. The monoisotopic (exact) mass is 227 g/mol. The second-order valence-electron chi connectivity index (χ2n) is 3.67. The smallest absolute Gasteiger partial charge is 0.309 e. The molecule has 6 heteroatoms. The maximum Gasteiger partial charge on any atom is 0.309 e. The summed E-state index contributed by atoms with van der Waals surface area (Å²) >= 11 is 0. The van der Waals surface area contributed by atoms with Crippen LogP contribution in [0.2, 0.25) is 0 Å². The van der Waals surface area contributed by atoms with Crippen molar-refractivity contribution in [3.63, 3.8) is 0 Å². The third kappa shape index (κ3) is 3.52. The summed E-state index contributed by atoms with van der Waals surface area (Å²) < 4.78 is 0. The lowest BCUT2D eigenvalue weighted by Gasteiger charge is -2.14. The third-order valence-electron chi connectivity index (χ3n) is 2.50. The van der Waals surface area contributed by atoms with E-state index in [0.717, 1.165) is 13.0 Å². The van der Waals surface area contributed by atoms with Crippen LogP contribution in [0.1, 0.15) is 19.3 Å². The predicted octanol–water partition coefficient (Wildman–Crippen LogP) is -1.14. The number of likely N-dealkylation sites (tertiary alicyclic amines) is 1. The first-order chi connectivity index (χ1) is 7.65. The first kappa shape index (κ1) is 12.5. The standard InChI is InChI=1S/C10H17N3O3/c1-11-9(15)10(16)12-5-3-7-13-6-2-4-8(13)14/h2-7H2,1H3,(H,11,15)(H,12,16). The van der Waals surface area contributed by atoms with Crippen LogP contribution in [0.25, 0.3) is 0 Å². The van der Waals surface area contributed by atoms with Crippen LogP contribution in [0, 0.1) is 0 Å². The molecule has 0 aromatic carbocycles. The minimum atomic E-state index is -0.641. The fourth-order valence-electron chi connectivity index (χ4n) is 1.61. The SMILES string of the molecule is CNC(=O)C(=O)NCCCN1CCCC1=O. The quantitative estimate of drug-likeness (QED) is 0.471. The van der Waals surface area contributed by atoms with Gasteiger partial charge in [-0.3, -0.25) is 14.4 Å². The summed E-state index contributed by atoms with van der Waals surface area (Å²) in [4.78, 5) is 34.9. The van der Waals surface area contributed by atoms with Crippen LogP contribution in [0.15, 0.2) is 0 Å². The topological polar surface area (TPSA) is 78.5 Å². The third-order valence-corrected chi connectivity index (χ3v) is 2.50. The zero-order chi connectivity index (χ0) is 12.0. The summed E-state index contributed by atoms with van der Waals surface area (Å²) in [6, 6.07) is 0. The van der Waals surface area contributed by atoms with Crippen LogP contribution in [0.3, 0.4) is 0 Å². The van der Waals surface area contributed by atoms with Crippen molar-refractivity contribution < 1.29 is 14.4 Å². The molecule has 0 aromatic heterocycles. The Hall–Kier alpha value is -1.59. The molecule has 1 aliphatic rings. The summed E-state index contributed by atoms with van der Waals surface area (Å²) in [6.45, 7) is 1.87. The molecule has 0 aromatic rings. The highest BCUT2D eigenvalue weighted by atomic mass is 16.2. The van der Waals surface area contributed by atoms with Crippen molar-refractivity contribution in [2.75, 3.05) is 26.7 Å². The Bertz CT molecular complexity index is 291. The molecule has 16 heavy (non-hydrogen) atoms. The largest absolute Gasteiger partial charge is 0.351 e. The summed E-state index contributed by atoms with van der Waals surface area (Å²) in [5, 5.41) is 4.72. The lowest BCUT2D eigenvalue weighted by atomic mass is 10.3. The van der Waals surface area contributed by atoms with E-state index in [0.29, 0.717) is 25.9 Å². The number of nitrogens with one attached hydrogen (secondary N) is 2. The molecule has 1 saturated heterocycles. The van der Waals surface area contributed by atoms with E-state index in [9.17, 15) is 14.4 Å². The van der Waals surface area contributed by atoms with Gasteiger partial charge in [-0.2, -0.15) is 0 Å². The van der Waals surface area contributed by atoms with E-state index < -0.39 is 11.8 Å². The fourth-order valence-corrected chi connectivity index (χ4v) is 1.61. The van der Waals surface area contributed by atoms with Crippen LogP contribution in [-0.4, -0.2) is 49.3 Å². The lowest BCUT2D eigenvalue weighted by molar-refractivity contribution is -0.138. The number of hydrogen-bond donors (Lipinski definition) is 2. The van der Waals surface area contributed by atoms with Crippen LogP contribution in [0.5, 0.6) is 0 Å². The van der Waals surface area contributed by atoms with Crippen molar-refractivity contribution in [3.05, 3.63) is 0 Å². The van der Waals surface area contributed by atoms with Gasteiger partial charge in [0.25, 0.3) is 0 Å². The minimum Gasteiger partial charge on any atom is -0.351 e. The van der Waals surface area contributed by atoms with E-state index in [-0.39, 0.29) is 5.91 Å². The van der Waals surface area contributed by atoms with Gasteiger partial charge in [0.2, 0.25) is 5.91 Å². The number of rotatable bonds is 4. The molecule has 90 valence electrons. The number of hydrogen-bond acceptors (Lipinski definition) is 3. The van der Waals surface area contributed by atoms with Crippen molar-refractivity contribution in [1.29, 1.82) is 0 Å². The number of carbonyl (C=O) groups excluding carboxylic acids is 3. The molecule has 1 heterocycles. The summed E-state index contributed by atoms with van der Waals surface area (Å²) in [5.74, 6) is -1.09. The van der Waals surface area contributed by atoms with E-state index in [1.165, 1.54) is 7.05 Å². The minimum absolute atomic E-state index is 0.178. The van der Waals surface area contributed by atoms with Crippen molar-refractivity contribution in [2.45, 2.75) is 19.3 Å². The van der Waals surface area contributed by atoms with E-state index in [2.05, 4.69) is 10.6 Å². The van der Waals surface area contributed by atoms with Gasteiger partial charge in [0.05, 0.1) is 0 Å². The average molecular weight is 227 g/mol. The molecule has 6 nitrogen and oxygen atoms in total. The van der Waals surface area contributed by atoms with Crippen molar-refractivity contribution >= 4 is 17.7 Å². The second-order valence-corrected chi connectivity index (χ2v) is 3.67. The molecule has 0 radical (unpaired) electrons. The summed E-state index contributed by atoms with van der Waals surface area (Å²) in [6.07, 6.45) is 2.22. The second kappa shape index (κ2) is 6.09. The van der Waals surface area contributed by atoms with Gasteiger partial charge in [-0.15, -0.1) is 0 Å². The van der Waals surface area contributed by atoms with E-state index in [4.69, 9.17) is 0 Å². The maximum absolute atomic E-state index is 11.2. The van der Waals surface area contributed by atoms with Gasteiger partial charge in [0.1, 0.15) is 0 Å². The lowest BCUT2D eigenvalue weighted by Crippen LogP contribution is -2.39. The van der Waals surface area contributed by atoms with E-state index in [1.54, 1.807) is 4.90 Å². The molecule has 0 saturated carbocycles. The van der Waals surface area contributed by atoms with Gasteiger partial charge in [-0.1, -0.05) is 0 Å². The first-order valence-electron chi connectivity index (χ1n) is 5.43. The van der Waals surface area contributed by atoms with Crippen LogP contribution in [-0.2, 0) is 14.4 Å².